The van der Waals surface area contributed by atoms with Crippen molar-refractivity contribution in [2.75, 3.05) is 6.61 Å². The number of amides is 1. The molecule has 1 unspecified atom stereocenters. The van der Waals surface area contributed by atoms with Gasteiger partial charge in [-0.15, -0.1) is 10.2 Å². The summed E-state index contributed by atoms with van der Waals surface area (Å²) in [7, 11) is 0. The van der Waals surface area contributed by atoms with E-state index in [0.717, 1.165) is 15.9 Å². The van der Waals surface area contributed by atoms with Gasteiger partial charge in [0, 0.05) is 18.6 Å². The predicted molar refractivity (Wildman–Crippen MR) is 97.9 cm³/mol. The lowest BCUT2D eigenvalue weighted by molar-refractivity contribution is -0.143. The maximum atomic E-state index is 12.1. The van der Waals surface area contributed by atoms with Gasteiger partial charge in [0.1, 0.15) is 12.6 Å². The number of carbonyl (C=O) groups excluding carboxylic acids is 1. The average Bonchev–Trinajstić information content (AvgIpc) is 3.01. The van der Waals surface area contributed by atoms with E-state index in [4.69, 9.17) is 4.74 Å². The second kappa shape index (κ2) is 8.72. The Kier molecular flexibility index (Phi) is 6.62. The molecule has 1 amide bonds. The van der Waals surface area contributed by atoms with Crippen LogP contribution in [0.2, 0.25) is 0 Å². The molecule has 1 aromatic carbocycles. The number of carboxylic acids is 1. The highest BCUT2D eigenvalue weighted by atomic mass is 16.5. The summed E-state index contributed by atoms with van der Waals surface area (Å²) in [5.41, 5.74) is 1.53. The lowest BCUT2D eigenvalue weighted by Gasteiger charge is -2.21. The molecule has 0 bridgehead atoms. The molecule has 146 valence electrons. The Morgan fingerprint density at radius 3 is 2.52 bits per heavy atom. The predicted octanol–water partition coefficient (Wildman–Crippen LogP) is 1.42. The van der Waals surface area contributed by atoms with E-state index in [-0.39, 0.29) is 25.2 Å². The molecule has 0 fully saturated rings. The van der Waals surface area contributed by atoms with E-state index < -0.39 is 17.9 Å². The van der Waals surface area contributed by atoms with Gasteiger partial charge in [0.15, 0.2) is 0 Å². The van der Waals surface area contributed by atoms with Gasteiger partial charge in [-0.2, -0.15) is 4.80 Å². The molecule has 0 radical (unpaired) electrons. The van der Waals surface area contributed by atoms with Gasteiger partial charge >= 0.3 is 5.97 Å². The highest BCUT2D eigenvalue weighted by Crippen LogP contribution is 2.13. The zero-order valence-electron chi connectivity index (χ0n) is 16.0. The molecule has 1 aromatic heterocycles. The van der Waals surface area contributed by atoms with Gasteiger partial charge in [-0.25, -0.2) is 4.79 Å². The third-order valence-electron chi connectivity index (χ3n) is 3.62. The number of hydrogen-bond acceptors (Lipinski definition) is 6. The van der Waals surface area contributed by atoms with Crippen LogP contribution in [0.4, 0.5) is 0 Å². The quantitative estimate of drug-likeness (QED) is 0.716. The van der Waals surface area contributed by atoms with Gasteiger partial charge in [0.2, 0.25) is 11.7 Å². The van der Waals surface area contributed by atoms with Crippen LogP contribution in [-0.2, 0) is 20.9 Å². The van der Waals surface area contributed by atoms with Crippen LogP contribution in [0.1, 0.15) is 32.8 Å². The molecule has 2 aromatic rings. The van der Waals surface area contributed by atoms with Gasteiger partial charge in [-0.1, -0.05) is 29.8 Å². The molecule has 1 heterocycles. The smallest absolute Gasteiger partial charge is 0.326 e. The molecule has 0 saturated carbocycles. The summed E-state index contributed by atoms with van der Waals surface area (Å²) < 4.78 is 5.52. The van der Waals surface area contributed by atoms with E-state index in [9.17, 15) is 14.7 Å². The van der Waals surface area contributed by atoms with Crippen LogP contribution in [0, 0.1) is 6.92 Å². The molecule has 1 atom stereocenters. The molecule has 9 heteroatoms. The van der Waals surface area contributed by atoms with Crippen molar-refractivity contribution in [2.24, 2.45) is 0 Å². The van der Waals surface area contributed by atoms with E-state index in [1.165, 1.54) is 0 Å². The van der Waals surface area contributed by atoms with E-state index in [1.807, 2.05) is 52.0 Å². The van der Waals surface area contributed by atoms with Crippen LogP contribution in [-0.4, -0.2) is 55.4 Å². The Balaban J connectivity index is 1.91. The van der Waals surface area contributed by atoms with E-state index >= 15 is 0 Å². The molecule has 0 aliphatic heterocycles. The number of carboxylic acid groups (broad SMARTS) is 1. The summed E-state index contributed by atoms with van der Waals surface area (Å²) in [5, 5.41) is 23.7. The zero-order chi connectivity index (χ0) is 20.0. The molecule has 0 aliphatic rings. The largest absolute Gasteiger partial charge is 0.480 e. The van der Waals surface area contributed by atoms with Crippen molar-refractivity contribution < 1.29 is 19.4 Å². The zero-order valence-corrected chi connectivity index (χ0v) is 16.0. The maximum absolute atomic E-state index is 12.1. The minimum atomic E-state index is -1.12. The van der Waals surface area contributed by atoms with Crippen LogP contribution in [0.3, 0.4) is 0 Å². The number of nitrogens with zero attached hydrogens (tertiary/aromatic N) is 4. The Morgan fingerprint density at radius 1 is 1.26 bits per heavy atom. The number of aryl methyl sites for hydroxylation is 1. The van der Waals surface area contributed by atoms with E-state index in [2.05, 4.69) is 20.7 Å². The maximum Gasteiger partial charge on any atom is 0.326 e. The summed E-state index contributed by atoms with van der Waals surface area (Å²) in [6.45, 7) is 7.61. The van der Waals surface area contributed by atoms with E-state index in [0.29, 0.717) is 5.82 Å². The number of nitrogens with one attached hydrogen (secondary N) is 1. The van der Waals surface area contributed by atoms with Crippen molar-refractivity contribution in [3.8, 4) is 11.4 Å². The van der Waals surface area contributed by atoms with Crippen molar-refractivity contribution in [1.82, 2.24) is 25.5 Å². The van der Waals surface area contributed by atoms with Gasteiger partial charge in [0.05, 0.1) is 5.60 Å². The number of tetrazole rings is 1. The fraction of sp³-hybridized carbons (Fsp3) is 0.500. The fourth-order valence-corrected chi connectivity index (χ4v) is 2.24. The molecular weight excluding hydrogens is 350 g/mol. The van der Waals surface area contributed by atoms with Gasteiger partial charge in [0.25, 0.3) is 0 Å². The molecular formula is C18H25N5O4. The molecule has 0 spiro atoms. The van der Waals surface area contributed by atoms with Crippen LogP contribution in [0.15, 0.2) is 24.3 Å². The summed E-state index contributed by atoms with van der Waals surface area (Å²) in [6, 6.07) is 6.55. The highest BCUT2D eigenvalue weighted by molar-refractivity contribution is 5.83. The molecule has 2 rings (SSSR count). The van der Waals surface area contributed by atoms with Crippen LogP contribution >= 0.6 is 0 Å². The Hall–Kier alpha value is -2.81. The molecule has 2 N–H and O–H groups in total. The lowest BCUT2D eigenvalue weighted by Crippen LogP contribution is -2.43. The number of carbonyl (C=O) groups is 2. The number of ether oxygens (including phenoxy) is 1. The number of aliphatic carboxylic acids is 1. The average molecular weight is 375 g/mol. The minimum absolute atomic E-state index is 0.164. The topological polar surface area (TPSA) is 119 Å². The van der Waals surface area contributed by atoms with Gasteiger partial charge < -0.3 is 15.2 Å². The lowest BCUT2D eigenvalue weighted by atomic mass is 10.1. The number of rotatable bonds is 8. The first kappa shape index (κ1) is 20.5. The summed E-state index contributed by atoms with van der Waals surface area (Å²) in [5.74, 6) is -1.23. The summed E-state index contributed by atoms with van der Waals surface area (Å²) in [4.78, 5) is 24.6. The molecule has 27 heavy (non-hydrogen) atoms. The summed E-state index contributed by atoms with van der Waals surface area (Å²) >= 11 is 0. The van der Waals surface area contributed by atoms with Crippen LogP contribution in [0.25, 0.3) is 11.4 Å². The second-order valence-corrected chi connectivity index (χ2v) is 7.22. The van der Waals surface area contributed by atoms with Crippen molar-refractivity contribution in [3.63, 3.8) is 0 Å². The number of hydrogen-bond donors (Lipinski definition) is 2. The minimum Gasteiger partial charge on any atom is -0.480 e. The Labute approximate surface area is 157 Å². The number of benzene rings is 1. The third kappa shape index (κ3) is 6.78. The standard InChI is InChI=1S/C18H25N5O4/c1-12-5-7-13(8-6-12)16-20-22-23(21-16)11-15(24)19-14(17(25)26)9-10-27-18(2,3)4/h5-8,14H,9-11H2,1-4H3,(H,19,24)(H,25,26). The molecule has 9 nitrogen and oxygen atoms in total. The first-order chi connectivity index (χ1) is 12.6. The first-order valence-corrected chi connectivity index (χ1v) is 8.65. The monoisotopic (exact) mass is 375 g/mol. The highest BCUT2D eigenvalue weighted by Gasteiger charge is 2.22. The normalized spacial score (nSPS) is 12.6. The van der Waals surface area contributed by atoms with Crippen LogP contribution < -0.4 is 5.32 Å². The Morgan fingerprint density at radius 2 is 1.93 bits per heavy atom. The van der Waals surface area contributed by atoms with Gasteiger partial charge in [-0.3, -0.25) is 4.79 Å². The Bertz CT molecular complexity index is 780. The second-order valence-electron chi connectivity index (χ2n) is 7.22. The van der Waals surface area contributed by atoms with Gasteiger partial charge in [-0.05, 0) is 32.9 Å². The van der Waals surface area contributed by atoms with Crippen LogP contribution in [0.5, 0.6) is 0 Å². The molecule has 0 aliphatic carbocycles. The van der Waals surface area contributed by atoms with Crippen molar-refractivity contribution in [1.29, 1.82) is 0 Å². The summed E-state index contributed by atoms with van der Waals surface area (Å²) in [6.07, 6.45) is 0.164. The first-order valence-electron chi connectivity index (χ1n) is 8.65. The third-order valence-corrected chi connectivity index (χ3v) is 3.62. The van der Waals surface area contributed by atoms with Crippen molar-refractivity contribution in [3.05, 3.63) is 29.8 Å². The molecule has 0 saturated heterocycles. The van der Waals surface area contributed by atoms with Crippen molar-refractivity contribution in [2.45, 2.75) is 52.3 Å². The fourth-order valence-electron chi connectivity index (χ4n) is 2.24. The van der Waals surface area contributed by atoms with Crippen molar-refractivity contribution >= 4 is 11.9 Å². The number of aromatic nitrogens is 4. The SMILES string of the molecule is Cc1ccc(-c2nnn(CC(=O)NC(CCOC(C)(C)C)C(=O)O)n2)cc1. The van der Waals surface area contributed by atoms with E-state index in [1.54, 1.807) is 0 Å².